The maximum atomic E-state index is 10.7. The Morgan fingerprint density at radius 1 is 1.14 bits per heavy atom. The minimum Gasteiger partial charge on any atom is -0.465 e. The number of benzene rings is 1. The number of nitrogens with one attached hydrogen (secondary N) is 1. The molecule has 5 nitrogen and oxygen atoms in total. The maximum Gasteiger partial charge on any atom is 0.494 e. The molecule has 1 aromatic rings. The van der Waals surface area contributed by atoms with Gasteiger partial charge in [0.05, 0.1) is 17.2 Å². The average Bonchev–Trinajstić information content (AvgIpc) is 2.58. The first kappa shape index (κ1) is 15.9. The molecule has 0 aromatic heterocycles. The Morgan fingerprint density at radius 3 is 2.05 bits per heavy atom. The summed E-state index contributed by atoms with van der Waals surface area (Å²) >= 11 is 0. The van der Waals surface area contributed by atoms with Gasteiger partial charge in [0.15, 0.2) is 0 Å². The summed E-state index contributed by atoms with van der Waals surface area (Å²) in [7, 11) is -0.396. The third kappa shape index (κ3) is 3.22. The Bertz CT molecular complexity index is 511. The first-order chi connectivity index (χ1) is 9.62. The van der Waals surface area contributed by atoms with Crippen LogP contribution in [0.3, 0.4) is 0 Å². The normalized spacial score (nSPS) is 21.1. The quantitative estimate of drug-likeness (QED) is 0.839. The Morgan fingerprint density at radius 2 is 1.62 bits per heavy atom. The van der Waals surface area contributed by atoms with E-state index in [1.165, 1.54) is 0 Å². The van der Waals surface area contributed by atoms with E-state index in [0.29, 0.717) is 0 Å². The first-order valence-electron chi connectivity index (χ1n) is 7.07. The molecule has 2 N–H and O–H groups in total. The zero-order valence-electron chi connectivity index (χ0n) is 13.1. The standard InChI is InChI=1S/C15H22BNO4/c1-10(17-13(18)19)11-6-8-12(9-7-11)16-20-14(2,3)15(4,5)21-16/h6-10,17H,1-5H3,(H,18,19). The van der Waals surface area contributed by atoms with Gasteiger partial charge in [-0.25, -0.2) is 4.79 Å². The molecule has 6 heteroatoms. The molecule has 1 amide bonds. The molecular formula is C15H22BNO4. The van der Waals surface area contributed by atoms with Gasteiger partial charge in [-0.1, -0.05) is 24.3 Å². The van der Waals surface area contributed by atoms with Crippen LogP contribution in [0.4, 0.5) is 4.79 Å². The summed E-state index contributed by atoms with van der Waals surface area (Å²) in [6.07, 6.45) is -1.03. The van der Waals surface area contributed by atoms with Crippen LogP contribution < -0.4 is 10.8 Å². The summed E-state index contributed by atoms with van der Waals surface area (Å²) in [5.41, 5.74) is 1.10. The highest BCUT2D eigenvalue weighted by Gasteiger charge is 2.51. The topological polar surface area (TPSA) is 67.8 Å². The van der Waals surface area contributed by atoms with Gasteiger partial charge in [0.2, 0.25) is 0 Å². The van der Waals surface area contributed by atoms with Crippen molar-refractivity contribution < 1.29 is 19.2 Å². The second kappa shape index (κ2) is 5.35. The van der Waals surface area contributed by atoms with Crippen molar-refractivity contribution in [1.29, 1.82) is 0 Å². The van der Waals surface area contributed by atoms with Gasteiger partial charge in [0.25, 0.3) is 0 Å². The predicted molar refractivity (Wildman–Crippen MR) is 81.7 cm³/mol. The van der Waals surface area contributed by atoms with E-state index in [4.69, 9.17) is 14.4 Å². The fraction of sp³-hybridized carbons (Fsp3) is 0.533. The Hall–Kier alpha value is -1.53. The second-order valence-electron chi connectivity index (χ2n) is 6.43. The number of hydrogen-bond acceptors (Lipinski definition) is 3. The van der Waals surface area contributed by atoms with Crippen LogP contribution in [0.25, 0.3) is 0 Å². The SMILES string of the molecule is CC(NC(=O)O)c1ccc(B2OC(C)(C)C(C)(C)O2)cc1. The number of rotatable bonds is 3. The van der Waals surface area contributed by atoms with Gasteiger partial charge in [0.1, 0.15) is 0 Å². The molecule has 1 aliphatic rings. The Balaban J connectivity index is 2.12. The van der Waals surface area contributed by atoms with Gasteiger partial charge in [-0.05, 0) is 45.6 Å². The summed E-state index contributed by atoms with van der Waals surface area (Å²) < 4.78 is 12.0. The van der Waals surface area contributed by atoms with Gasteiger partial charge >= 0.3 is 13.2 Å². The maximum absolute atomic E-state index is 10.7. The van der Waals surface area contributed by atoms with Crippen LogP contribution in [0, 0.1) is 0 Å². The molecule has 2 rings (SSSR count). The van der Waals surface area contributed by atoms with Crippen molar-refractivity contribution in [3.05, 3.63) is 29.8 Å². The molecule has 1 unspecified atom stereocenters. The lowest BCUT2D eigenvalue weighted by atomic mass is 9.78. The summed E-state index contributed by atoms with van der Waals surface area (Å²) in [5, 5.41) is 11.2. The summed E-state index contributed by atoms with van der Waals surface area (Å²) in [5.74, 6) is 0. The van der Waals surface area contributed by atoms with E-state index in [1.807, 2.05) is 52.0 Å². The Labute approximate surface area is 125 Å². The fourth-order valence-electron chi connectivity index (χ4n) is 2.19. The minimum absolute atomic E-state index is 0.255. The molecule has 114 valence electrons. The fourth-order valence-corrected chi connectivity index (χ4v) is 2.19. The smallest absolute Gasteiger partial charge is 0.465 e. The van der Waals surface area contributed by atoms with E-state index in [0.717, 1.165) is 11.0 Å². The predicted octanol–water partition coefficient (Wildman–Crippen LogP) is 2.31. The van der Waals surface area contributed by atoms with E-state index in [1.54, 1.807) is 6.92 Å². The molecule has 1 aromatic carbocycles. The summed E-state index contributed by atoms with van der Waals surface area (Å²) in [6.45, 7) is 9.86. The van der Waals surface area contributed by atoms with E-state index in [2.05, 4.69) is 5.32 Å². The van der Waals surface area contributed by atoms with Crippen LogP contribution in [0.1, 0.15) is 46.2 Å². The monoisotopic (exact) mass is 291 g/mol. The highest BCUT2D eigenvalue weighted by atomic mass is 16.7. The first-order valence-corrected chi connectivity index (χ1v) is 7.07. The van der Waals surface area contributed by atoms with Crippen LogP contribution in [0.5, 0.6) is 0 Å². The van der Waals surface area contributed by atoms with Crippen molar-refractivity contribution in [2.75, 3.05) is 0 Å². The van der Waals surface area contributed by atoms with E-state index in [9.17, 15) is 4.79 Å². The van der Waals surface area contributed by atoms with Gasteiger partial charge < -0.3 is 19.7 Å². The summed E-state index contributed by atoms with van der Waals surface area (Å²) in [4.78, 5) is 10.7. The highest BCUT2D eigenvalue weighted by Crippen LogP contribution is 2.36. The van der Waals surface area contributed by atoms with Gasteiger partial charge in [0, 0.05) is 0 Å². The van der Waals surface area contributed by atoms with Crippen molar-refractivity contribution in [1.82, 2.24) is 5.32 Å². The zero-order chi connectivity index (χ0) is 15.8. The molecule has 0 bridgehead atoms. The molecule has 0 aliphatic carbocycles. The van der Waals surface area contributed by atoms with Crippen LogP contribution in [-0.2, 0) is 9.31 Å². The molecule has 1 saturated heterocycles. The van der Waals surface area contributed by atoms with Crippen molar-refractivity contribution in [3.8, 4) is 0 Å². The minimum atomic E-state index is -1.03. The van der Waals surface area contributed by atoms with Crippen molar-refractivity contribution in [3.63, 3.8) is 0 Å². The second-order valence-corrected chi connectivity index (χ2v) is 6.43. The largest absolute Gasteiger partial charge is 0.494 e. The number of amides is 1. The van der Waals surface area contributed by atoms with Crippen LogP contribution in [0.15, 0.2) is 24.3 Å². The molecule has 1 heterocycles. The lowest BCUT2D eigenvalue weighted by Gasteiger charge is -2.32. The van der Waals surface area contributed by atoms with Crippen LogP contribution in [-0.4, -0.2) is 29.5 Å². The average molecular weight is 291 g/mol. The lowest BCUT2D eigenvalue weighted by Crippen LogP contribution is -2.41. The van der Waals surface area contributed by atoms with Crippen LogP contribution >= 0.6 is 0 Å². The third-order valence-electron chi connectivity index (χ3n) is 4.30. The molecule has 1 atom stereocenters. The molecule has 0 saturated carbocycles. The van der Waals surface area contributed by atoms with Crippen LogP contribution in [0.2, 0.25) is 0 Å². The van der Waals surface area contributed by atoms with Crippen molar-refractivity contribution >= 4 is 18.7 Å². The Kier molecular flexibility index (Phi) is 4.04. The zero-order valence-corrected chi connectivity index (χ0v) is 13.1. The lowest BCUT2D eigenvalue weighted by molar-refractivity contribution is 0.00578. The molecular weight excluding hydrogens is 269 g/mol. The van der Waals surface area contributed by atoms with Gasteiger partial charge in [-0.3, -0.25) is 0 Å². The molecule has 0 spiro atoms. The van der Waals surface area contributed by atoms with E-state index < -0.39 is 13.2 Å². The van der Waals surface area contributed by atoms with E-state index >= 15 is 0 Å². The summed E-state index contributed by atoms with van der Waals surface area (Å²) in [6, 6.07) is 7.35. The van der Waals surface area contributed by atoms with Gasteiger partial charge in [-0.15, -0.1) is 0 Å². The van der Waals surface area contributed by atoms with Crippen molar-refractivity contribution in [2.45, 2.75) is 51.9 Å². The van der Waals surface area contributed by atoms with E-state index in [-0.39, 0.29) is 17.2 Å². The van der Waals surface area contributed by atoms with Gasteiger partial charge in [-0.2, -0.15) is 0 Å². The molecule has 1 aliphatic heterocycles. The van der Waals surface area contributed by atoms with Crippen molar-refractivity contribution in [2.24, 2.45) is 0 Å². The third-order valence-corrected chi connectivity index (χ3v) is 4.30. The number of carbonyl (C=O) groups is 1. The highest BCUT2D eigenvalue weighted by molar-refractivity contribution is 6.62. The number of hydrogen-bond donors (Lipinski definition) is 2. The molecule has 0 radical (unpaired) electrons. The molecule has 21 heavy (non-hydrogen) atoms. The number of carboxylic acid groups (broad SMARTS) is 1. The molecule has 1 fully saturated rings.